The van der Waals surface area contributed by atoms with Crippen molar-refractivity contribution in [2.45, 2.75) is 13.0 Å². The molecule has 1 rings (SSSR count). The molecule has 1 amide bonds. The maximum absolute atomic E-state index is 10.7. The Balaban J connectivity index is 2.72. The molecule has 0 aliphatic rings. The van der Waals surface area contributed by atoms with Crippen molar-refractivity contribution >= 4 is 17.4 Å². The SMILES string of the molecule is CC(Nc1ccc([N+](=O)[O-])cn1)C(N)=O. The van der Waals surface area contributed by atoms with Crippen molar-refractivity contribution in [1.29, 1.82) is 0 Å². The molecule has 0 aliphatic carbocycles. The molecule has 1 unspecified atom stereocenters. The van der Waals surface area contributed by atoms with E-state index < -0.39 is 16.9 Å². The molecular formula is C8H10N4O3. The lowest BCUT2D eigenvalue weighted by Crippen LogP contribution is -2.32. The quantitative estimate of drug-likeness (QED) is 0.547. The van der Waals surface area contributed by atoms with Crippen molar-refractivity contribution in [3.63, 3.8) is 0 Å². The molecule has 1 aromatic rings. The van der Waals surface area contributed by atoms with Crippen LogP contribution in [0.15, 0.2) is 18.3 Å². The lowest BCUT2D eigenvalue weighted by atomic mass is 10.3. The molecule has 0 saturated heterocycles. The number of pyridine rings is 1. The molecule has 80 valence electrons. The van der Waals surface area contributed by atoms with E-state index in [0.29, 0.717) is 5.82 Å². The van der Waals surface area contributed by atoms with E-state index in [-0.39, 0.29) is 5.69 Å². The molecule has 1 aromatic heterocycles. The van der Waals surface area contributed by atoms with Gasteiger partial charge in [-0.25, -0.2) is 4.98 Å². The summed E-state index contributed by atoms with van der Waals surface area (Å²) in [7, 11) is 0. The fourth-order valence-electron chi connectivity index (χ4n) is 0.872. The van der Waals surface area contributed by atoms with Gasteiger partial charge in [0, 0.05) is 6.07 Å². The first kappa shape index (κ1) is 10.9. The highest BCUT2D eigenvalue weighted by molar-refractivity contribution is 5.82. The second-order valence-electron chi connectivity index (χ2n) is 2.93. The van der Waals surface area contributed by atoms with E-state index in [0.717, 1.165) is 6.20 Å². The van der Waals surface area contributed by atoms with E-state index in [4.69, 9.17) is 5.73 Å². The molecule has 0 saturated carbocycles. The molecule has 3 N–H and O–H groups in total. The van der Waals surface area contributed by atoms with E-state index in [2.05, 4.69) is 10.3 Å². The number of rotatable bonds is 4. The molecule has 1 atom stereocenters. The van der Waals surface area contributed by atoms with Crippen molar-refractivity contribution in [2.75, 3.05) is 5.32 Å². The average molecular weight is 210 g/mol. The maximum atomic E-state index is 10.7. The predicted molar refractivity (Wildman–Crippen MR) is 53.2 cm³/mol. The Kier molecular flexibility index (Phi) is 3.17. The molecule has 7 nitrogen and oxygen atoms in total. The average Bonchev–Trinajstić information content (AvgIpc) is 2.18. The number of amides is 1. The van der Waals surface area contributed by atoms with Crippen LogP contribution in [0.1, 0.15) is 6.92 Å². The first-order valence-electron chi connectivity index (χ1n) is 4.17. The number of nitrogens with zero attached hydrogens (tertiary/aromatic N) is 2. The summed E-state index contributed by atoms with van der Waals surface area (Å²) in [5, 5.41) is 13.0. The number of nitro groups is 1. The van der Waals surface area contributed by atoms with Gasteiger partial charge in [-0.05, 0) is 13.0 Å². The number of hydrogen-bond acceptors (Lipinski definition) is 5. The molecule has 0 aromatic carbocycles. The van der Waals surface area contributed by atoms with Gasteiger partial charge in [0.25, 0.3) is 5.69 Å². The smallest absolute Gasteiger partial charge is 0.287 e. The van der Waals surface area contributed by atoms with Crippen LogP contribution >= 0.6 is 0 Å². The van der Waals surface area contributed by atoms with Gasteiger partial charge in [0.15, 0.2) is 0 Å². The Bertz CT molecular complexity index is 376. The fraction of sp³-hybridized carbons (Fsp3) is 0.250. The second kappa shape index (κ2) is 4.36. The van der Waals surface area contributed by atoms with Crippen molar-refractivity contribution in [2.24, 2.45) is 5.73 Å². The zero-order valence-electron chi connectivity index (χ0n) is 8.01. The first-order valence-corrected chi connectivity index (χ1v) is 4.17. The van der Waals surface area contributed by atoms with Crippen LogP contribution in [0.4, 0.5) is 11.5 Å². The topological polar surface area (TPSA) is 111 Å². The third-order valence-electron chi connectivity index (χ3n) is 1.75. The van der Waals surface area contributed by atoms with Crippen LogP contribution in [0.3, 0.4) is 0 Å². The number of carbonyl (C=O) groups excluding carboxylic acids is 1. The lowest BCUT2D eigenvalue weighted by molar-refractivity contribution is -0.385. The molecular weight excluding hydrogens is 200 g/mol. The van der Waals surface area contributed by atoms with Crippen LogP contribution in [-0.4, -0.2) is 21.9 Å². The minimum Gasteiger partial charge on any atom is -0.368 e. The molecule has 7 heteroatoms. The molecule has 1 heterocycles. The molecule has 15 heavy (non-hydrogen) atoms. The Hall–Kier alpha value is -2.18. The van der Waals surface area contributed by atoms with Crippen LogP contribution in [0.5, 0.6) is 0 Å². The third kappa shape index (κ3) is 2.90. The molecule has 0 aliphatic heterocycles. The zero-order valence-corrected chi connectivity index (χ0v) is 8.01. The third-order valence-corrected chi connectivity index (χ3v) is 1.75. The van der Waals surface area contributed by atoms with E-state index >= 15 is 0 Å². The number of nitrogens with two attached hydrogens (primary N) is 1. The Morgan fingerprint density at radius 3 is 2.73 bits per heavy atom. The van der Waals surface area contributed by atoms with E-state index in [9.17, 15) is 14.9 Å². The fourth-order valence-corrected chi connectivity index (χ4v) is 0.872. The normalized spacial score (nSPS) is 11.8. The Morgan fingerprint density at radius 1 is 1.67 bits per heavy atom. The van der Waals surface area contributed by atoms with Gasteiger partial charge in [-0.2, -0.15) is 0 Å². The number of primary amides is 1. The maximum Gasteiger partial charge on any atom is 0.287 e. The van der Waals surface area contributed by atoms with Gasteiger partial charge in [0.2, 0.25) is 5.91 Å². The first-order chi connectivity index (χ1) is 7.00. The van der Waals surface area contributed by atoms with Crippen molar-refractivity contribution in [3.05, 3.63) is 28.4 Å². The van der Waals surface area contributed by atoms with Gasteiger partial charge in [-0.1, -0.05) is 0 Å². The van der Waals surface area contributed by atoms with Crippen LogP contribution in [0, 0.1) is 10.1 Å². The monoisotopic (exact) mass is 210 g/mol. The van der Waals surface area contributed by atoms with Crippen LogP contribution in [0.25, 0.3) is 0 Å². The summed E-state index contributed by atoms with van der Waals surface area (Å²) in [6.07, 6.45) is 1.11. The van der Waals surface area contributed by atoms with Crippen LogP contribution in [-0.2, 0) is 4.79 Å². The summed E-state index contributed by atoms with van der Waals surface area (Å²) in [6.45, 7) is 1.57. The summed E-state index contributed by atoms with van der Waals surface area (Å²) in [4.78, 5) is 24.2. The van der Waals surface area contributed by atoms with Gasteiger partial charge >= 0.3 is 0 Å². The lowest BCUT2D eigenvalue weighted by Gasteiger charge is -2.09. The number of anilines is 1. The van der Waals surface area contributed by atoms with Gasteiger partial charge in [-0.3, -0.25) is 14.9 Å². The highest BCUT2D eigenvalue weighted by atomic mass is 16.6. The van der Waals surface area contributed by atoms with Crippen molar-refractivity contribution in [3.8, 4) is 0 Å². The van der Waals surface area contributed by atoms with E-state index in [1.165, 1.54) is 12.1 Å². The largest absolute Gasteiger partial charge is 0.368 e. The Morgan fingerprint density at radius 2 is 2.33 bits per heavy atom. The number of nitrogens with one attached hydrogen (secondary N) is 1. The van der Waals surface area contributed by atoms with Gasteiger partial charge in [0.1, 0.15) is 18.1 Å². The number of carbonyl (C=O) groups is 1. The summed E-state index contributed by atoms with van der Waals surface area (Å²) in [5.41, 5.74) is 4.92. The minimum atomic E-state index is -0.570. The summed E-state index contributed by atoms with van der Waals surface area (Å²) in [5.74, 6) is -0.151. The van der Waals surface area contributed by atoms with E-state index in [1.54, 1.807) is 6.92 Å². The van der Waals surface area contributed by atoms with Crippen LogP contribution < -0.4 is 11.1 Å². The van der Waals surface area contributed by atoms with E-state index in [1.807, 2.05) is 0 Å². The molecule has 0 fully saturated rings. The highest BCUT2D eigenvalue weighted by Crippen LogP contribution is 2.12. The number of aromatic nitrogens is 1. The number of hydrogen-bond donors (Lipinski definition) is 2. The second-order valence-corrected chi connectivity index (χ2v) is 2.93. The zero-order chi connectivity index (χ0) is 11.4. The van der Waals surface area contributed by atoms with Gasteiger partial charge in [-0.15, -0.1) is 0 Å². The summed E-state index contributed by atoms with van der Waals surface area (Å²) >= 11 is 0. The Labute approximate surface area is 85.5 Å². The van der Waals surface area contributed by atoms with Crippen molar-refractivity contribution in [1.82, 2.24) is 4.98 Å². The molecule has 0 radical (unpaired) electrons. The van der Waals surface area contributed by atoms with Gasteiger partial charge < -0.3 is 11.1 Å². The molecule has 0 spiro atoms. The standard InChI is InChI=1S/C8H10N4O3/c1-5(8(9)13)11-7-3-2-6(4-10-7)12(14)15/h2-5H,1H3,(H2,9,13)(H,10,11). The predicted octanol–water partition coefficient (Wildman–Crippen LogP) is 0.275. The summed E-state index contributed by atoms with van der Waals surface area (Å²) < 4.78 is 0. The van der Waals surface area contributed by atoms with Crippen molar-refractivity contribution < 1.29 is 9.72 Å². The molecule has 0 bridgehead atoms. The minimum absolute atomic E-state index is 0.104. The van der Waals surface area contributed by atoms with Crippen LogP contribution in [0.2, 0.25) is 0 Å². The summed E-state index contributed by atoms with van der Waals surface area (Å²) in [6, 6.07) is 2.14. The highest BCUT2D eigenvalue weighted by Gasteiger charge is 2.10. The van der Waals surface area contributed by atoms with Gasteiger partial charge in [0.05, 0.1) is 4.92 Å².